The molecule has 3 aromatic rings. The Labute approximate surface area is 217 Å². The number of nitro benzene ring substituents is 1. The summed E-state index contributed by atoms with van der Waals surface area (Å²) in [6.07, 6.45) is 0.880. The lowest BCUT2D eigenvalue weighted by molar-refractivity contribution is -0.384. The zero-order valence-corrected chi connectivity index (χ0v) is 20.8. The summed E-state index contributed by atoms with van der Waals surface area (Å²) in [6.45, 7) is 5.41. The van der Waals surface area contributed by atoms with E-state index >= 15 is 0 Å². The molecule has 0 spiro atoms. The first kappa shape index (κ1) is 24.8. The molecule has 0 saturated carbocycles. The Morgan fingerprint density at radius 1 is 0.892 bits per heavy atom. The van der Waals surface area contributed by atoms with Crippen LogP contribution in [0, 0.1) is 10.1 Å². The SMILES string of the molecule is O=C(CCN1CCN(Cc2ccccc2)CC1)N1N=C(c2ccccc2)CC1c1cccc([N+](=O)[O-])c1. The maximum atomic E-state index is 13.4. The summed E-state index contributed by atoms with van der Waals surface area (Å²) in [4.78, 5) is 29.2. The predicted molar refractivity (Wildman–Crippen MR) is 143 cm³/mol. The van der Waals surface area contributed by atoms with E-state index in [0.29, 0.717) is 19.4 Å². The smallest absolute Gasteiger partial charge is 0.269 e. The first-order valence-corrected chi connectivity index (χ1v) is 12.7. The van der Waals surface area contributed by atoms with Crippen LogP contribution in [0.15, 0.2) is 90.0 Å². The molecular weight excluding hydrogens is 466 g/mol. The van der Waals surface area contributed by atoms with E-state index in [4.69, 9.17) is 5.10 Å². The monoisotopic (exact) mass is 497 g/mol. The summed E-state index contributed by atoms with van der Waals surface area (Å²) in [6, 6.07) is 26.5. The summed E-state index contributed by atoms with van der Waals surface area (Å²) in [5.41, 5.74) is 3.85. The van der Waals surface area contributed by atoms with Crippen molar-refractivity contribution in [3.8, 4) is 0 Å². The molecule has 1 saturated heterocycles. The van der Waals surface area contributed by atoms with Gasteiger partial charge >= 0.3 is 0 Å². The van der Waals surface area contributed by atoms with Crippen LogP contribution in [0.4, 0.5) is 5.69 Å². The number of non-ortho nitro benzene ring substituents is 1. The molecule has 0 aromatic heterocycles. The van der Waals surface area contributed by atoms with Gasteiger partial charge < -0.3 is 4.90 Å². The molecule has 2 aliphatic heterocycles. The Morgan fingerprint density at radius 3 is 2.27 bits per heavy atom. The number of hydrogen-bond acceptors (Lipinski definition) is 6. The van der Waals surface area contributed by atoms with Crippen LogP contribution in [-0.4, -0.2) is 64.1 Å². The third kappa shape index (κ3) is 6.10. The van der Waals surface area contributed by atoms with Crippen LogP contribution >= 0.6 is 0 Å². The normalized spacial score (nSPS) is 18.5. The molecule has 1 amide bonds. The second-order valence-electron chi connectivity index (χ2n) is 9.58. The van der Waals surface area contributed by atoms with Gasteiger partial charge in [0, 0.05) is 64.2 Å². The molecule has 37 heavy (non-hydrogen) atoms. The van der Waals surface area contributed by atoms with Gasteiger partial charge in [0.25, 0.3) is 5.69 Å². The molecule has 0 radical (unpaired) electrons. The van der Waals surface area contributed by atoms with Crippen molar-refractivity contribution in [3.05, 3.63) is 112 Å². The Morgan fingerprint density at radius 2 is 1.57 bits per heavy atom. The van der Waals surface area contributed by atoms with Gasteiger partial charge in [-0.1, -0.05) is 72.8 Å². The highest BCUT2D eigenvalue weighted by Crippen LogP contribution is 2.34. The Kier molecular flexibility index (Phi) is 7.67. The maximum absolute atomic E-state index is 13.4. The molecule has 2 heterocycles. The van der Waals surface area contributed by atoms with Gasteiger partial charge in [0.15, 0.2) is 0 Å². The number of piperazine rings is 1. The lowest BCUT2D eigenvalue weighted by Crippen LogP contribution is -2.46. The van der Waals surface area contributed by atoms with Gasteiger partial charge in [-0.15, -0.1) is 0 Å². The average molecular weight is 498 g/mol. The van der Waals surface area contributed by atoms with E-state index in [-0.39, 0.29) is 17.6 Å². The van der Waals surface area contributed by atoms with Crippen molar-refractivity contribution in [2.45, 2.75) is 25.4 Å². The molecule has 0 N–H and O–H groups in total. The number of carbonyl (C=O) groups excluding carboxylic acids is 1. The highest BCUT2D eigenvalue weighted by molar-refractivity contribution is 6.03. The van der Waals surface area contributed by atoms with Crippen molar-refractivity contribution < 1.29 is 9.72 Å². The first-order valence-electron chi connectivity index (χ1n) is 12.7. The summed E-state index contributed by atoms with van der Waals surface area (Å²) >= 11 is 0. The Bertz CT molecular complexity index is 1260. The summed E-state index contributed by atoms with van der Waals surface area (Å²) in [7, 11) is 0. The van der Waals surface area contributed by atoms with Crippen molar-refractivity contribution in [1.82, 2.24) is 14.8 Å². The molecule has 1 fully saturated rings. The van der Waals surface area contributed by atoms with Crippen LogP contribution in [0.1, 0.15) is 35.6 Å². The number of benzene rings is 3. The fourth-order valence-corrected chi connectivity index (χ4v) is 5.03. The number of nitrogens with zero attached hydrogens (tertiary/aromatic N) is 5. The minimum absolute atomic E-state index is 0.0198. The minimum Gasteiger partial charge on any atom is -0.300 e. The molecule has 190 valence electrons. The van der Waals surface area contributed by atoms with Gasteiger partial charge in [-0.25, -0.2) is 5.01 Å². The third-order valence-electron chi connectivity index (χ3n) is 7.09. The van der Waals surface area contributed by atoms with Crippen molar-refractivity contribution in [2.24, 2.45) is 5.10 Å². The van der Waals surface area contributed by atoms with Crippen molar-refractivity contribution >= 4 is 17.3 Å². The number of carbonyl (C=O) groups is 1. The highest BCUT2D eigenvalue weighted by atomic mass is 16.6. The van der Waals surface area contributed by atoms with E-state index in [0.717, 1.165) is 49.6 Å². The molecular formula is C29H31N5O3. The van der Waals surface area contributed by atoms with E-state index in [2.05, 4.69) is 34.1 Å². The molecule has 2 aliphatic rings. The van der Waals surface area contributed by atoms with E-state index in [1.54, 1.807) is 17.1 Å². The lowest BCUT2D eigenvalue weighted by Gasteiger charge is -2.35. The molecule has 1 atom stereocenters. The fraction of sp³-hybridized carbons (Fsp3) is 0.310. The molecule has 3 aromatic carbocycles. The first-order chi connectivity index (χ1) is 18.1. The second kappa shape index (κ2) is 11.5. The molecule has 0 aliphatic carbocycles. The number of hydrogen-bond donors (Lipinski definition) is 0. The summed E-state index contributed by atoms with van der Waals surface area (Å²) < 4.78 is 0. The van der Waals surface area contributed by atoms with Crippen LogP contribution in [0.5, 0.6) is 0 Å². The van der Waals surface area contributed by atoms with Gasteiger partial charge in [-0.05, 0) is 16.7 Å². The maximum Gasteiger partial charge on any atom is 0.269 e. The molecule has 1 unspecified atom stereocenters. The van der Waals surface area contributed by atoms with E-state index in [9.17, 15) is 14.9 Å². The average Bonchev–Trinajstić information content (AvgIpc) is 3.39. The van der Waals surface area contributed by atoms with Crippen LogP contribution in [0.25, 0.3) is 0 Å². The topological polar surface area (TPSA) is 82.3 Å². The summed E-state index contributed by atoms with van der Waals surface area (Å²) in [5.74, 6) is -0.0610. The van der Waals surface area contributed by atoms with Gasteiger partial charge in [-0.3, -0.25) is 19.8 Å². The van der Waals surface area contributed by atoms with Crippen molar-refractivity contribution in [2.75, 3.05) is 32.7 Å². The Balaban J connectivity index is 1.23. The van der Waals surface area contributed by atoms with Crippen molar-refractivity contribution in [1.29, 1.82) is 0 Å². The standard InChI is InChI=1S/C29H31N5O3/c35-29(14-15-31-16-18-32(19-17-31)22-23-8-3-1-4-9-23)33-28(25-12-7-13-26(20-25)34(36)37)21-27(30-33)24-10-5-2-6-11-24/h1-13,20,28H,14-19,21-22H2. The van der Waals surface area contributed by atoms with Gasteiger partial charge in [0.1, 0.15) is 0 Å². The lowest BCUT2D eigenvalue weighted by atomic mass is 9.98. The zero-order chi connectivity index (χ0) is 25.6. The fourth-order valence-electron chi connectivity index (χ4n) is 5.03. The van der Waals surface area contributed by atoms with Crippen LogP contribution in [0.2, 0.25) is 0 Å². The molecule has 8 nitrogen and oxygen atoms in total. The molecule has 8 heteroatoms. The minimum atomic E-state index is -0.402. The van der Waals surface area contributed by atoms with E-state index < -0.39 is 4.92 Å². The largest absolute Gasteiger partial charge is 0.300 e. The quantitative estimate of drug-likeness (QED) is 0.339. The molecule has 0 bridgehead atoms. The van der Waals surface area contributed by atoms with Crippen LogP contribution in [0.3, 0.4) is 0 Å². The second-order valence-corrected chi connectivity index (χ2v) is 9.58. The third-order valence-corrected chi connectivity index (χ3v) is 7.09. The highest BCUT2D eigenvalue weighted by Gasteiger charge is 2.34. The molecule has 5 rings (SSSR count). The predicted octanol–water partition coefficient (Wildman–Crippen LogP) is 4.48. The van der Waals surface area contributed by atoms with Gasteiger partial charge in [-0.2, -0.15) is 5.10 Å². The number of amides is 1. The number of rotatable bonds is 8. The van der Waals surface area contributed by atoms with Crippen LogP contribution < -0.4 is 0 Å². The number of nitro groups is 1. The van der Waals surface area contributed by atoms with E-state index in [1.807, 2.05) is 42.5 Å². The number of hydrazone groups is 1. The van der Waals surface area contributed by atoms with Gasteiger partial charge in [0.2, 0.25) is 5.91 Å². The zero-order valence-electron chi connectivity index (χ0n) is 20.8. The Hall–Kier alpha value is -3.88. The summed E-state index contributed by atoms with van der Waals surface area (Å²) in [5, 5.41) is 17.6. The van der Waals surface area contributed by atoms with Crippen molar-refractivity contribution in [3.63, 3.8) is 0 Å². The van der Waals surface area contributed by atoms with Crippen LogP contribution in [-0.2, 0) is 11.3 Å². The van der Waals surface area contributed by atoms with E-state index in [1.165, 1.54) is 11.6 Å². The van der Waals surface area contributed by atoms with Gasteiger partial charge in [0.05, 0.1) is 16.7 Å².